The SMILES string of the molecule is CCC1(C2C=CC(OC)=CC2)CCN(C(=O)C(F)(F)F)C1. The number of ether oxygens (including phenoxy) is 1. The molecule has 21 heavy (non-hydrogen) atoms. The number of nitrogens with zero attached hydrogens (tertiary/aromatic N) is 1. The molecule has 2 rings (SSSR count). The molecule has 0 spiro atoms. The van der Waals surface area contributed by atoms with Crippen LogP contribution in [-0.4, -0.2) is 37.2 Å². The van der Waals surface area contributed by atoms with Gasteiger partial charge in [0, 0.05) is 13.1 Å². The van der Waals surface area contributed by atoms with Gasteiger partial charge < -0.3 is 9.64 Å². The second-order valence-corrected chi connectivity index (χ2v) is 5.70. The van der Waals surface area contributed by atoms with Gasteiger partial charge in [-0.25, -0.2) is 0 Å². The maximum atomic E-state index is 12.6. The van der Waals surface area contributed by atoms with Crippen molar-refractivity contribution in [2.24, 2.45) is 11.3 Å². The summed E-state index contributed by atoms with van der Waals surface area (Å²) in [6.07, 6.45) is 3.13. The molecule has 2 aliphatic rings. The van der Waals surface area contributed by atoms with Crippen molar-refractivity contribution < 1.29 is 22.7 Å². The molecule has 0 N–H and O–H groups in total. The molecule has 2 atom stereocenters. The fourth-order valence-electron chi connectivity index (χ4n) is 3.31. The van der Waals surface area contributed by atoms with Crippen LogP contribution in [-0.2, 0) is 9.53 Å². The summed E-state index contributed by atoms with van der Waals surface area (Å²) in [6.45, 7) is 2.33. The minimum Gasteiger partial charge on any atom is -0.497 e. The van der Waals surface area contributed by atoms with Gasteiger partial charge in [0.2, 0.25) is 0 Å². The van der Waals surface area contributed by atoms with Gasteiger partial charge in [-0.3, -0.25) is 4.79 Å². The first-order valence-corrected chi connectivity index (χ1v) is 7.11. The predicted molar refractivity (Wildman–Crippen MR) is 72.3 cm³/mol. The number of hydrogen-bond donors (Lipinski definition) is 0. The zero-order chi connectivity index (χ0) is 15.7. The standard InChI is InChI=1S/C15H20F3NO2/c1-3-14(11-4-6-12(21-2)7-5-11)8-9-19(10-14)13(20)15(16,17)18/h4,6-7,11H,3,5,8-10H2,1-2H3. The van der Waals surface area contributed by atoms with Gasteiger partial charge in [0.15, 0.2) is 0 Å². The van der Waals surface area contributed by atoms with E-state index in [1.807, 2.05) is 25.2 Å². The molecule has 0 saturated carbocycles. The van der Waals surface area contributed by atoms with E-state index in [2.05, 4.69) is 0 Å². The lowest BCUT2D eigenvalue weighted by molar-refractivity contribution is -0.184. The van der Waals surface area contributed by atoms with Crippen LogP contribution in [0.5, 0.6) is 0 Å². The predicted octanol–water partition coefficient (Wildman–Crippen LogP) is 3.28. The molecule has 2 unspecified atom stereocenters. The van der Waals surface area contributed by atoms with Crippen LogP contribution in [0.4, 0.5) is 13.2 Å². The van der Waals surface area contributed by atoms with Crippen molar-refractivity contribution in [1.82, 2.24) is 4.90 Å². The summed E-state index contributed by atoms with van der Waals surface area (Å²) >= 11 is 0. The molecular formula is C15H20F3NO2. The smallest absolute Gasteiger partial charge is 0.471 e. The van der Waals surface area contributed by atoms with Crippen LogP contribution in [0.25, 0.3) is 0 Å². The Morgan fingerprint density at radius 1 is 1.52 bits per heavy atom. The Bertz CT molecular complexity index is 470. The maximum absolute atomic E-state index is 12.6. The summed E-state index contributed by atoms with van der Waals surface area (Å²) < 4.78 is 42.8. The highest BCUT2D eigenvalue weighted by Gasteiger charge is 2.49. The minimum absolute atomic E-state index is 0.146. The van der Waals surface area contributed by atoms with E-state index in [4.69, 9.17) is 4.74 Å². The van der Waals surface area contributed by atoms with Crippen molar-refractivity contribution in [3.63, 3.8) is 0 Å². The molecule has 6 heteroatoms. The van der Waals surface area contributed by atoms with E-state index in [-0.39, 0.29) is 24.4 Å². The van der Waals surface area contributed by atoms with E-state index in [9.17, 15) is 18.0 Å². The Morgan fingerprint density at radius 2 is 2.24 bits per heavy atom. The molecule has 0 radical (unpaired) electrons. The first kappa shape index (κ1) is 15.9. The van der Waals surface area contributed by atoms with E-state index in [0.29, 0.717) is 6.42 Å². The van der Waals surface area contributed by atoms with Gasteiger partial charge >= 0.3 is 12.1 Å². The monoisotopic (exact) mass is 303 g/mol. The number of alkyl halides is 3. The van der Waals surface area contributed by atoms with Crippen molar-refractivity contribution in [3.8, 4) is 0 Å². The summed E-state index contributed by atoms with van der Waals surface area (Å²) in [5.41, 5.74) is -0.271. The van der Waals surface area contributed by atoms with Gasteiger partial charge in [-0.05, 0) is 42.7 Å². The summed E-state index contributed by atoms with van der Waals surface area (Å²) in [4.78, 5) is 12.4. The minimum atomic E-state index is -4.78. The lowest BCUT2D eigenvalue weighted by atomic mass is 9.70. The van der Waals surface area contributed by atoms with Crippen LogP contribution < -0.4 is 0 Å². The average molecular weight is 303 g/mol. The second kappa shape index (κ2) is 5.73. The third-order valence-corrected chi connectivity index (χ3v) is 4.71. The second-order valence-electron chi connectivity index (χ2n) is 5.70. The number of hydrogen-bond acceptors (Lipinski definition) is 2. The number of methoxy groups -OCH3 is 1. The van der Waals surface area contributed by atoms with Gasteiger partial charge in [0.1, 0.15) is 5.76 Å². The number of amides is 1. The Balaban J connectivity index is 2.10. The molecule has 3 nitrogen and oxygen atoms in total. The summed E-state index contributed by atoms with van der Waals surface area (Å²) in [5.74, 6) is -0.795. The molecule has 1 aliphatic heterocycles. The van der Waals surface area contributed by atoms with E-state index >= 15 is 0 Å². The Morgan fingerprint density at radius 3 is 2.71 bits per heavy atom. The zero-order valence-electron chi connectivity index (χ0n) is 12.2. The molecule has 1 saturated heterocycles. The van der Waals surface area contributed by atoms with Gasteiger partial charge in [0.05, 0.1) is 7.11 Å². The molecule has 0 bridgehead atoms. The van der Waals surface area contributed by atoms with Crippen LogP contribution in [0.3, 0.4) is 0 Å². The van der Waals surface area contributed by atoms with Crippen LogP contribution in [0.1, 0.15) is 26.2 Å². The highest BCUT2D eigenvalue weighted by Crippen LogP contribution is 2.45. The Labute approximate surface area is 122 Å². The van der Waals surface area contributed by atoms with E-state index < -0.39 is 12.1 Å². The van der Waals surface area contributed by atoms with Crippen LogP contribution in [0.15, 0.2) is 24.0 Å². The largest absolute Gasteiger partial charge is 0.497 e. The van der Waals surface area contributed by atoms with Gasteiger partial charge in [-0.1, -0.05) is 13.0 Å². The number of likely N-dealkylation sites (tertiary alicyclic amines) is 1. The van der Waals surface area contributed by atoms with Crippen molar-refractivity contribution >= 4 is 5.91 Å². The fraction of sp³-hybridized carbons (Fsp3) is 0.667. The quantitative estimate of drug-likeness (QED) is 0.801. The normalized spacial score (nSPS) is 29.5. The van der Waals surface area contributed by atoms with Crippen molar-refractivity contribution in [2.75, 3.05) is 20.2 Å². The Kier molecular flexibility index (Phi) is 4.35. The highest BCUT2D eigenvalue weighted by molar-refractivity contribution is 5.82. The molecule has 1 amide bonds. The van der Waals surface area contributed by atoms with Crippen LogP contribution >= 0.6 is 0 Å². The zero-order valence-corrected chi connectivity index (χ0v) is 12.2. The maximum Gasteiger partial charge on any atom is 0.471 e. The third-order valence-electron chi connectivity index (χ3n) is 4.71. The molecule has 1 fully saturated rings. The number of carbonyl (C=O) groups excluding carboxylic acids is 1. The van der Waals surface area contributed by atoms with Crippen LogP contribution in [0.2, 0.25) is 0 Å². The number of allylic oxidation sites excluding steroid dienone is 3. The Hall–Kier alpha value is -1.46. The molecule has 118 valence electrons. The summed E-state index contributed by atoms with van der Waals surface area (Å²) in [7, 11) is 1.59. The van der Waals surface area contributed by atoms with Crippen molar-refractivity contribution in [3.05, 3.63) is 24.0 Å². The molecule has 1 aliphatic carbocycles. The van der Waals surface area contributed by atoms with E-state index in [0.717, 1.165) is 23.5 Å². The van der Waals surface area contributed by atoms with Crippen molar-refractivity contribution in [1.29, 1.82) is 0 Å². The molecule has 1 heterocycles. The molecule has 0 aromatic rings. The van der Waals surface area contributed by atoms with Crippen LogP contribution in [0, 0.1) is 11.3 Å². The number of rotatable bonds is 3. The molecule has 0 aromatic heterocycles. The summed E-state index contributed by atoms with van der Waals surface area (Å²) in [6, 6.07) is 0. The average Bonchev–Trinajstić information content (AvgIpc) is 2.91. The number of halogens is 3. The van der Waals surface area contributed by atoms with Crippen molar-refractivity contribution in [2.45, 2.75) is 32.4 Å². The molecular weight excluding hydrogens is 283 g/mol. The fourth-order valence-corrected chi connectivity index (χ4v) is 3.31. The highest BCUT2D eigenvalue weighted by atomic mass is 19.4. The topological polar surface area (TPSA) is 29.5 Å². The van der Waals surface area contributed by atoms with E-state index in [1.54, 1.807) is 7.11 Å². The lowest BCUT2D eigenvalue weighted by Gasteiger charge is -2.36. The first-order valence-electron chi connectivity index (χ1n) is 7.11. The summed E-state index contributed by atoms with van der Waals surface area (Å²) in [5, 5.41) is 0. The van der Waals surface area contributed by atoms with Gasteiger partial charge in [0.25, 0.3) is 0 Å². The first-order chi connectivity index (χ1) is 9.82. The number of carbonyl (C=O) groups is 1. The van der Waals surface area contributed by atoms with Gasteiger partial charge in [-0.2, -0.15) is 13.2 Å². The molecule has 0 aromatic carbocycles. The lowest BCUT2D eigenvalue weighted by Crippen LogP contribution is -2.42. The third kappa shape index (κ3) is 3.09. The van der Waals surface area contributed by atoms with Gasteiger partial charge in [-0.15, -0.1) is 0 Å². The van der Waals surface area contributed by atoms with E-state index in [1.165, 1.54) is 0 Å².